The summed E-state index contributed by atoms with van der Waals surface area (Å²) in [6.07, 6.45) is 3.18. The third kappa shape index (κ3) is 5.01. The fraction of sp³-hybridized carbons (Fsp3) is 0.182. The van der Waals surface area contributed by atoms with Crippen molar-refractivity contribution in [3.63, 3.8) is 0 Å². The lowest BCUT2D eigenvalue weighted by Gasteiger charge is -2.20. The maximum Gasteiger partial charge on any atom is 0.302 e. The molecule has 216 valence electrons. The Morgan fingerprint density at radius 1 is 1.07 bits per heavy atom. The Balaban J connectivity index is 1.60. The monoisotopic (exact) mass is 576 g/mol. The van der Waals surface area contributed by atoms with Crippen molar-refractivity contribution in [1.29, 1.82) is 0 Å². The number of carbonyl (C=O) groups excluding carboxylic acids is 1. The Hall–Kier alpha value is -5.38. The molecule has 0 saturated carbocycles. The quantitative estimate of drug-likeness (QED) is 0.238. The fourth-order valence-corrected chi connectivity index (χ4v) is 5.23. The van der Waals surface area contributed by atoms with E-state index in [1.54, 1.807) is 24.4 Å². The number of hydrogen-bond donors (Lipinski definition) is 2. The van der Waals surface area contributed by atoms with E-state index in [-0.39, 0.29) is 17.4 Å². The van der Waals surface area contributed by atoms with Gasteiger partial charge in [-0.2, -0.15) is 14.9 Å². The third-order valence-corrected chi connectivity index (χ3v) is 7.46. The zero-order valence-corrected chi connectivity index (χ0v) is 24.1. The molecule has 0 aliphatic carbocycles. The SMILES string of the molecule is CC(=O)OCc1c(-c2cc(-c3ccccn3)c3[nH]nc(N)c3c2)cccc1-n1ncc2cc(C(C)(C)C)cc(F)c2c1=O. The van der Waals surface area contributed by atoms with Crippen LogP contribution in [0.5, 0.6) is 0 Å². The Morgan fingerprint density at radius 3 is 2.60 bits per heavy atom. The molecule has 3 aromatic heterocycles. The molecule has 0 saturated heterocycles. The molecule has 0 radical (unpaired) electrons. The predicted octanol–water partition coefficient (Wildman–Crippen LogP) is 6.07. The van der Waals surface area contributed by atoms with Crippen molar-refractivity contribution in [2.24, 2.45) is 0 Å². The maximum atomic E-state index is 15.5. The van der Waals surface area contributed by atoms with Gasteiger partial charge in [0.2, 0.25) is 0 Å². The molecule has 9 nitrogen and oxygen atoms in total. The molecular weight excluding hydrogens is 547 g/mol. The molecule has 3 aromatic carbocycles. The lowest BCUT2D eigenvalue weighted by Crippen LogP contribution is -2.24. The minimum absolute atomic E-state index is 0.0723. The lowest BCUT2D eigenvalue weighted by molar-refractivity contribution is -0.142. The van der Waals surface area contributed by atoms with E-state index in [9.17, 15) is 9.59 Å². The van der Waals surface area contributed by atoms with Gasteiger partial charge in [0, 0.05) is 35.0 Å². The number of aromatic nitrogens is 5. The summed E-state index contributed by atoms with van der Waals surface area (Å²) >= 11 is 0. The van der Waals surface area contributed by atoms with E-state index in [0.717, 1.165) is 26.9 Å². The number of rotatable bonds is 5. The molecule has 0 aliphatic heterocycles. The average Bonchev–Trinajstić information content (AvgIpc) is 3.35. The first kappa shape index (κ1) is 27.8. The van der Waals surface area contributed by atoms with Crippen LogP contribution in [0.1, 0.15) is 38.8 Å². The molecule has 6 rings (SSSR count). The second-order valence-electron chi connectivity index (χ2n) is 11.4. The van der Waals surface area contributed by atoms with Crippen LogP contribution in [0.4, 0.5) is 10.2 Å². The molecule has 0 fully saturated rings. The number of fused-ring (bicyclic) bond motifs is 2. The number of anilines is 1. The first-order valence-electron chi connectivity index (χ1n) is 13.7. The molecule has 6 aromatic rings. The molecule has 43 heavy (non-hydrogen) atoms. The summed E-state index contributed by atoms with van der Waals surface area (Å²) in [6, 6.07) is 17.9. The van der Waals surface area contributed by atoms with Gasteiger partial charge in [-0.15, -0.1) is 0 Å². The van der Waals surface area contributed by atoms with Gasteiger partial charge in [0.1, 0.15) is 12.4 Å². The van der Waals surface area contributed by atoms with E-state index in [1.807, 2.05) is 57.2 Å². The first-order valence-corrected chi connectivity index (χ1v) is 13.7. The van der Waals surface area contributed by atoms with Gasteiger partial charge >= 0.3 is 5.97 Å². The topological polar surface area (TPSA) is 129 Å². The fourth-order valence-electron chi connectivity index (χ4n) is 5.23. The van der Waals surface area contributed by atoms with Crippen molar-refractivity contribution in [1.82, 2.24) is 25.0 Å². The highest BCUT2D eigenvalue weighted by atomic mass is 19.1. The van der Waals surface area contributed by atoms with Crippen LogP contribution in [0.25, 0.3) is 49.7 Å². The summed E-state index contributed by atoms with van der Waals surface area (Å²) in [4.78, 5) is 30.2. The van der Waals surface area contributed by atoms with Crippen molar-refractivity contribution in [2.45, 2.75) is 39.7 Å². The Bertz CT molecular complexity index is 2090. The van der Waals surface area contributed by atoms with Crippen molar-refractivity contribution in [3.05, 3.63) is 100 Å². The molecule has 0 aliphatic rings. The van der Waals surface area contributed by atoms with Gasteiger partial charge in [-0.25, -0.2) is 4.39 Å². The molecule has 10 heteroatoms. The number of esters is 1. The Kier molecular flexibility index (Phi) is 6.76. The highest BCUT2D eigenvalue weighted by molar-refractivity contribution is 6.02. The van der Waals surface area contributed by atoms with Gasteiger partial charge < -0.3 is 10.5 Å². The summed E-state index contributed by atoms with van der Waals surface area (Å²) in [7, 11) is 0. The number of H-pyrrole nitrogens is 1. The number of nitrogens with zero attached hydrogens (tertiary/aromatic N) is 4. The van der Waals surface area contributed by atoms with E-state index in [4.69, 9.17) is 10.5 Å². The summed E-state index contributed by atoms with van der Waals surface area (Å²) in [5.74, 6) is -0.810. The summed E-state index contributed by atoms with van der Waals surface area (Å²) < 4.78 is 22.1. The third-order valence-electron chi connectivity index (χ3n) is 7.46. The predicted molar refractivity (Wildman–Crippen MR) is 164 cm³/mol. The summed E-state index contributed by atoms with van der Waals surface area (Å²) in [6.45, 7) is 7.08. The molecule has 0 atom stereocenters. The molecule has 0 spiro atoms. The Morgan fingerprint density at radius 2 is 1.88 bits per heavy atom. The number of halogens is 1. The van der Waals surface area contributed by atoms with Gasteiger partial charge in [0.25, 0.3) is 5.56 Å². The van der Waals surface area contributed by atoms with Crippen LogP contribution in [0, 0.1) is 5.82 Å². The van der Waals surface area contributed by atoms with Crippen molar-refractivity contribution in [3.8, 4) is 28.1 Å². The second kappa shape index (κ2) is 10.5. The van der Waals surface area contributed by atoms with Gasteiger partial charge in [-0.1, -0.05) is 39.0 Å². The summed E-state index contributed by atoms with van der Waals surface area (Å²) in [5, 5.41) is 12.6. The molecular formula is C33H29FN6O3. The number of nitrogens with one attached hydrogen (secondary N) is 1. The first-order chi connectivity index (χ1) is 20.5. The minimum atomic E-state index is -0.625. The van der Waals surface area contributed by atoms with Crippen LogP contribution in [0.15, 0.2) is 77.9 Å². The number of hydrogen-bond acceptors (Lipinski definition) is 7. The van der Waals surface area contributed by atoms with Gasteiger partial charge in [-0.05, 0) is 64.6 Å². The van der Waals surface area contributed by atoms with Crippen LogP contribution in [0.2, 0.25) is 0 Å². The van der Waals surface area contributed by atoms with Crippen LogP contribution in [-0.4, -0.2) is 30.9 Å². The van der Waals surface area contributed by atoms with E-state index < -0.39 is 17.3 Å². The highest BCUT2D eigenvalue weighted by Gasteiger charge is 2.22. The van der Waals surface area contributed by atoms with E-state index in [0.29, 0.717) is 39.1 Å². The van der Waals surface area contributed by atoms with Crippen LogP contribution in [0.3, 0.4) is 0 Å². The smallest absolute Gasteiger partial charge is 0.302 e. The van der Waals surface area contributed by atoms with Gasteiger partial charge in [0.05, 0.1) is 28.5 Å². The van der Waals surface area contributed by atoms with Crippen molar-refractivity contribution >= 4 is 33.5 Å². The zero-order chi connectivity index (χ0) is 30.5. The van der Waals surface area contributed by atoms with E-state index >= 15 is 4.39 Å². The number of nitrogens with two attached hydrogens (primary N) is 1. The lowest BCUT2D eigenvalue weighted by atomic mass is 9.86. The number of ether oxygens (including phenoxy) is 1. The van der Waals surface area contributed by atoms with Crippen molar-refractivity contribution < 1.29 is 13.9 Å². The minimum Gasteiger partial charge on any atom is -0.461 e. The standard InChI is InChI=1S/C33H29FN6O3/c1-18(41)43-17-25-22(19-13-23(27-9-5-6-11-36-27)30-24(14-19)31(35)39-38-30)8-7-10-28(25)40-32(42)29-20(16-37-40)12-21(15-26(29)34)33(2,3)4/h5-16H,17H2,1-4H3,(H3,35,38,39). The number of carbonyl (C=O) groups is 1. The number of nitrogen functional groups attached to an aromatic ring is 1. The van der Waals surface area contributed by atoms with Gasteiger partial charge in [-0.3, -0.25) is 19.7 Å². The summed E-state index contributed by atoms with van der Waals surface area (Å²) in [5.41, 5.74) is 10.5. The molecule has 0 unspecified atom stereocenters. The number of benzene rings is 3. The van der Waals surface area contributed by atoms with Gasteiger partial charge in [0.15, 0.2) is 5.82 Å². The number of pyridine rings is 1. The average molecular weight is 577 g/mol. The van der Waals surface area contributed by atoms with Crippen LogP contribution in [-0.2, 0) is 21.6 Å². The highest BCUT2D eigenvalue weighted by Crippen LogP contribution is 2.37. The Labute approximate surface area is 246 Å². The van der Waals surface area contributed by atoms with E-state index in [2.05, 4.69) is 20.3 Å². The van der Waals surface area contributed by atoms with Crippen LogP contribution < -0.4 is 11.3 Å². The second-order valence-corrected chi connectivity index (χ2v) is 11.4. The van der Waals surface area contributed by atoms with E-state index in [1.165, 1.54) is 19.2 Å². The van der Waals surface area contributed by atoms with Crippen LogP contribution >= 0.6 is 0 Å². The normalized spacial score (nSPS) is 11.7. The maximum absolute atomic E-state index is 15.5. The zero-order valence-electron chi connectivity index (χ0n) is 24.1. The largest absolute Gasteiger partial charge is 0.461 e. The van der Waals surface area contributed by atoms with Crippen molar-refractivity contribution in [2.75, 3.05) is 5.73 Å². The molecule has 0 amide bonds. The molecule has 0 bridgehead atoms. The molecule has 3 N–H and O–H groups in total. The number of aromatic amines is 1. The molecule has 3 heterocycles.